The van der Waals surface area contributed by atoms with E-state index < -0.39 is 17.4 Å². The Hall–Kier alpha value is -1.79. The van der Waals surface area contributed by atoms with Crippen LogP contribution in [0.25, 0.3) is 0 Å². The highest BCUT2D eigenvalue weighted by molar-refractivity contribution is 5.77. The number of carboxylic acid groups (broad SMARTS) is 1. The van der Waals surface area contributed by atoms with Crippen LogP contribution in [0, 0.1) is 5.41 Å². The maximum Gasteiger partial charge on any atom is 0.314 e. The van der Waals surface area contributed by atoms with Crippen LogP contribution in [0.3, 0.4) is 0 Å². The summed E-state index contributed by atoms with van der Waals surface area (Å²) in [6.45, 7) is 5.49. The maximum absolute atomic E-state index is 11.4. The number of nitrogens with one attached hydrogen (secondary N) is 2. The lowest BCUT2D eigenvalue weighted by molar-refractivity contribution is -0.146. The zero-order valence-corrected chi connectivity index (χ0v) is 11.6. The maximum atomic E-state index is 11.4. The van der Waals surface area contributed by atoms with Crippen molar-refractivity contribution in [3.8, 4) is 0 Å². The van der Waals surface area contributed by atoms with Crippen LogP contribution < -0.4 is 10.6 Å². The lowest BCUT2D eigenvalue weighted by Crippen LogP contribution is -2.43. The molecule has 0 radical (unpaired) electrons. The van der Waals surface area contributed by atoms with Crippen molar-refractivity contribution < 1.29 is 24.2 Å². The minimum atomic E-state index is -1.01. The minimum absolute atomic E-state index is 0.0338. The Morgan fingerprint density at radius 1 is 1.21 bits per heavy atom. The van der Waals surface area contributed by atoms with Gasteiger partial charge in [-0.1, -0.05) is 0 Å². The second-order valence-corrected chi connectivity index (χ2v) is 4.71. The quantitative estimate of drug-likeness (QED) is 0.447. The number of carbonyl (C=O) groups is 3. The lowest BCUT2D eigenvalue weighted by Gasteiger charge is -2.19. The van der Waals surface area contributed by atoms with E-state index >= 15 is 0 Å². The van der Waals surface area contributed by atoms with Crippen molar-refractivity contribution in [2.45, 2.75) is 33.6 Å². The van der Waals surface area contributed by atoms with Crippen molar-refractivity contribution in [1.29, 1.82) is 0 Å². The van der Waals surface area contributed by atoms with Crippen molar-refractivity contribution in [1.82, 2.24) is 10.6 Å². The largest absolute Gasteiger partial charge is 0.481 e. The first kappa shape index (κ1) is 17.2. The fourth-order valence-electron chi connectivity index (χ4n) is 1.11. The van der Waals surface area contributed by atoms with E-state index in [-0.39, 0.29) is 18.9 Å². The normalized spacial score (nSPS) is 10.7. The molecule has 0 atom stereocenters. The van der Waals surface area contributed by atoms with E-state index in [1.807, 2.05) is 0 Å². The number of ether oxygens (including phenoxy) is 1. The first-order chi connectivity index (χ1) is 8.79. The minimum Gasteiger partial charge on any atom is -0.481 e. The third kappa shape index (κ3) is 8.01. The van der Waals surface area contributed by atoms with E-state index in [1.54, 1.807) is 6.92 Å². The van der Waals surface area contributed by atoms with Crippen LogP contribution in [0.5, 0.6) is 0 Å². The van der Waals surface area contributed by atoms with Gasteiger partial charge in [0, 0.05) is 19.5 Å². The predicted molar refractivity (Wildman–Crippen MR) is 68.7 cm³/mol. The molecule has 0 aromatic rings. The monoisotopic (exact) mass is 274 g/mol. The molecular formula is C12H22N2O5. The summed E-state index contributed by atoms with van der Waals surface area (Å²) in [7, 11) is 0. The Bertz CT molecular complexity index is 328. The second-order valence-electron chi connectivity index (χ2n) is 4.71. The lowest BCUT2D eigenvalue weighted by atomic mass is 9.94. The Morgan fingerprint density at radius 3 is 2.37 bits per heavy atom. The molecule has 0 aromatic carbocycles. The van der Waals surface area contributed by atoms with Crippen molar-refractivity contribution >= 4 is 18.0 Å². The highest BCUT2D eigenvalue weighted by atomic mass is 16.5. The molecule has 0 aromatic heterocycles. The number of carbonyl (C=O) groups excluding carboxylic acids is 2. The summed E-state index contributed by atoms with van der Waals surface area (Å²) in [5, 5.41) is 13.9. The smallest absolute Gasteiger partial charge is 0.314 e. The van der Waals surface area contributed by atoms with Gasteiger partial charge in [-0.2, -0.15) is 0 Å². The molecule has 0 aliphatic carbocycles. The molecule has 0 bridgehead atoms. The number of hydrogen-bond donors (Lipinski definition) is 3. The van der Waals surface area contributed by atoms with E-state index in [4.69, 9.17) is 9.84 Å². The van der Waals surface area contributed by atoms with Crippen LogP contribution in [0.1, 0.15) is 33.6 Å². The fraction of sp³-hybridized carbons (Fsp3) is 0.750. The third-order valence-electron chi connectivity index (χ3n) is 2.42. The summed E-state index contributed by atoms with van der Waals surface area (Å²) in [4.78, 5) is 33.2. The van der Waals surface area contributed by atoms with E-state index in [9.17, 15) is 14.4 Å². The van der Waals surface area contributed by atoms with E-state index in [2.05, 4.69) is 10.6 Å². The highest BCUT2D eigenvalue weighted by Crippen LogP contribution is 2.12. The molecule has 0 saturated heterocycles. The summed E-state index contributed by atoms with van der Waals surface area (Å²) in [6, 6.07) is -0.446. The van der Waals surface area contributed by atoms with Gasteiger partial charge in [-0.25, -0.2) is 4.79 Å². The topological polar surface area (TPSA) is 105 Å². The van der Waals surface area contributed by atoms with Crippen LogP contribution in [-0.4, -0.2) is 42.8 Å². The molecule has 7 heteroatoms. The average molecular weight is 274 g/mol. The van der Waals surface area contributed by atoms with Gasteiger partial charge in [0.1, 0.15) is 0 Å². The molecule has 110 valence electrons. The number of aliphatic carboxylic acids is 1. The molecule has 0 fully saturated rings. The standard InChI is InChI=1S/C12H22N2O5/c1-4-19-9(15)6-5-7-13-11(18)14-8-12(2,3)10(16)17/h4-8H2,1-3H3,(H,16,17)(H2,13,14,18). The number of amides is 2. The van der Waals surface area contributed by atoms with E-state index in [0.717, 1.165) is 0 Å². The van der Waals surface area contributed by atoms with Gasteiger partial charge in [-0.3, -0.25) is 9.59 Å². The van der Waals surface area contributed by atoms with Gasteiger partial charge in [0.05, 0.1) is 12.0 Å². The Labute approximate surface area is 112 Å². The number of urea groups is 1. The SMILES string of the molecule is CCOC(=O)CCCNC(=O)NCC(C)(C)C(=O)O. The Kier molecular flexibility index (Phi) is 7.55. The van der Waals surface area contributed by atoms with Crippen LogP contribution in [0.15, 0.2) is 0 Å². The van der Waals surface area contributed by atoms with Gasteiger partial charge in [0.25, 0.3) is 0 Å². The molecule has 0 unspecified atom stereocenters. The van der Waals surface area contributed by atoms with Gasteiger partial charge in [-0.15, -0.1) is 0 Å². The van der Waals surface area contributed by atoms with E-state index in [0.29, 0.717) is 19.6 Å². The first-order valence-corrected chi connectivity index (χ1v) is 6.20. The van der Waals surface area contributed by atoms with Crippen molar-refractivity contribution in [2.24, 2.45) is 5.41 Å². The van der Waals surface area contributed by atoms with Crippen LogP contribution >= 0.6 is 0 Å². The molecule has 7 nitrogen and oxygen atoms in total. The summed E-state index contributed by atoms with van der Waals surface area (Å²) in [6.07, 6.45) is 0.726. The van der Waals surface area contributed by atoms with Gasteiger partial charge < -0.3 is 20.5 Å². The molecule has 0 saturated carbocycles. The number of esters is 1. The summed E-state index contributed by atoms with van der Waals surface area (Å²) < 4.78 is 4.73. The molecule has 0 spiro atoms. The summed E-state index contributed by atoms with van der Waals surface area (Å²) >= 11 is 0. The van der Waals surface area contributed by atoms with E-state index in [1.165, 1.54) is 13.8 Å². The Balaban J connectivity index is 3.71. The van der Waals surface area contributed by atoms with Gasteiger partial charge in [-0.05, 0) is 27.2 Å². The molecule has 0 aliphatic rings. The molecule has 0 rings (SSSR count). The van der Waals surface area contributed by atoms with Gasteiger partial charge in [0.15, 0.2) is 0 Å². The summed E-state index contributed by atoms with van der Waals surface area (Å²) in [5.74, 6) is -1.27. The number of carboxylic acids is 1. The van der Waals surface area contributed by atoms with Crippen molar-refractivity contribution in [3.63, 3.8) is 0 Å². The fourth-order valence-corrected chi connectivity index (χ4v) is 1.11. The molecule has 3 N–H and O–H groups in total. The predicted octanol–water partition coefficient (Wildman–Crippen LogP) is 0.740. The Morgan fingerprint density at radius 2 is 1.84 bits per heavy atom. The van der Waals surface area contributed by atoms with Gasteiger partial charge in [0.2, 0.25) is 0 Å². The molecule has 0 heterocycles. The molecule has 19 heavy (non-hydrogen) atoms. The van der Waals surface area contributed by atoms with Crippen molar-refractivity contribution in [3.05, 3.63) is 0 Å². The summed E-state index contributed by atoms with van der Waals surface area (Å²) in [5.41, 5.74) is -1.01. The second kappa shape index (κ2) is 8.34. The van der Waals surface area contributed by atoms with Crippen molar-refractivity contribution in [2.75, 3.05) is 19.7 Å². The molecule has 2 amide bonds. The molecule has 0 aliphatic heterocycles. The number of rotatable bonds is 8. The van der Waals surface area contributed by atoms with Gasteiger partial charge >= 0.3 is 18.0 Å². The molecular weight excluding hydrogens is 252 g/mol. The highest BCUT2D eigenvalue weighted by Gasteiger charge is 2.27. The third-order valence-corrected chi connectivity index (χ3v) is 2.42. The zero-order valence-electron chi connectivity index (χ0n) is 11.6. The number of hydrogen-bond acceptors (Lipinski definition) is 4. The van der Waals surface area contributed by atoms with Crippen LogP contribution in [-0.2, 0) is 14.3 Å². The first-order valence-electron chi connectivity index (χ1n) is 6.20. The van der Waals surface area contributed by atoms with Crippen LogP contribution in [0.2, 0.25) is 0 Å². The van der Waals surface area contributed by atoms with Crippen LogP contribution in [0.4, 0.5) is 4.79 Å². The average Bonchev–Trinajstić information content (AvgIpc) is 2.32. The zero-order chi connectivity index (χ0) is 14.9.